The normalized spacial score (nSPS) is 15.1. The molecule has 0 heterocycles. The van der Waals surface area contributed by atoms with E-state index in [0.717, 1.165) is 0 Å². The number of hydrogen-bond acceptors (Lipinski definition) is 0. The molecule has 0 heteroatoms. The van der Waals surface area contributed by atoms with Gasteiger partial charge in [0, 0.05) is 5.41 Å². The number of allylic oxidation sites excluding steroid dienone is 6. The Balaban J connectivity index is 0.00000210. The smallest absolute Gasteiger partial charge is 0.0301 e. The maximum absolute atomic E-state index is 2.38. The van der Waals surface area contributed by atoms with E-state index in [-0.39, 0.29) is 12.8 Å². The van der Waals surface area contributed by atoms with Crippen molar-refractivity contribution in [1.82, 2.24) is 0 Å². The molecule has 134 valence electrons. The van der Waals surface area contributed by atoms with Crippen molar-refractivity contribution in [2.24, 2.45) is 0 Å². The van der Waals surface area contributed by atoms with E-state index in [1.807, 2.05) is 0 Å². The van der Waals surface area contributed by atoms with Gasteiger partial charge in [-0.05, 0) is 34.8 Å². The molecule has 0 N–H and O–H groups in total. The van der Waals surface area contributed by atoms with Crippen LogP contribution < -0.4 is 0 Å². The minimum absolute atomic E-state index is 0. The van der Waals surface area contributed by atoms with Gasteiger partial charge in [0.15, 0.2) is 0 Å². The summed E-state index contributed by atoms with van der Waals surface area (Å²) in [4.78, 5) is 0. The molecule has 0 spiro atoms. The predicted octanol–water partition coefficient (Wildman–Crippen LogP) is 7.32. The lowest BCUT2D eigenvalue weighted by molar-refractivity contribution is 0.763. The molecule has 0 nitrogen and oxygen atoms in total. The molecular formula is C27H26. The topological polar surface area (TPSA) is 0 Å². The van der Waals surface area contributed by atoms with Crippen molar-refractivity contribution in [3.8, 4) is 0 Å². The Hall–Kier alpha value is -3.12. The van der Waals surface area contributed by atoms with Crippen molar-refractivity contribution in [2.45, 2.75) is 19.8 Å². The molecule has 4 rings (SSSR count). The fraction of sp³-hybridized carbons (Fsp3) is 0.111. The van der Waals surface area contributed by atoms with E-state index < -0.39 is 0 Å². The summed E-state index contributed by atoms with van der Waals surface area (Å²) < 4.78 is 0. The van der Waals surface area contributed by atoms with Gasteiger partial charge >= 0.3 is 0 Å². The molecular weight excluding hydrogens is 324 g/mol. The Labute approximate surface area is 163 Å². The molecule has 0 fully saturated rings. The summed E-state index contributed by atoms with van der Waals surface area (Å²) >= 11 is 0. The molecule has 0 atom stereocenters. The van der Waals surface area contributed by atoms with Gasteiger partial charge in [0.2, 0.25) is 0 Å². The average molecular weight is 351 g/mol. The molecule has 3 aromatic carbocycles. The van der Waals surface area contributed by atoms with Crippen molar-refractivity contribution in [3.05, 3.63) is 132 Å². The second kappa shape index (κ2) is 8.05. The zero-order valence-electron chi connectivity index (χ0n) is 15.0. The standard InChI is InChI=1S/C26H22.CH4/c1-26(25-15-9-4-10-16-25)19-23(21-11-5-2-6-12-21)17-18-24(20-26)22-13-7-3-8-14-22;/h2-20H,1H3;1H4. The summed E-state index contributed by atoms with van der Waals surface area (Å²) in [6, 6.07) is 32.0. The lowest BCUT2D eigenvalue weighted by Crippen LogP contribution is -2.16. The Morgan fingerprint density at radius 3 is 1.30 bits per heavy atom. The molecule has 27 heavy (non-hydrogen) atoms. The zero-order chi connectivity index (χ0) is 17.8. The largest absolute Gasteiger partial charge is 0.0776 e. The van der Waals surface area contributed by atoms with Crippen molar-refractivity contribution in [1.29, 1.82) is 0 Å². The van der Waals surface area contributed by atoms with Crippen LogP contribution in [0.4, 0.5) is 0 Å². The number of rotatable bonds is 3. The highest BCUT2D eigenvalue weighted by Gasteiger charge is 2.24. The first kappa shape index (κ1) is 18.7. The van der Waals surface area contributed by atoms with E-state index in [2.05, 4.69) is 122 Å². The number of benzene rings is 3. The maximum Gasteiger partial charge on any atom is 0.0301 e. The summed E-state index contributed by atoms with van der Waals surface area (Å²) in [5, 5.41) is 0. The lowest BCUT2D eigenvalue weighted by Gasteiger charge is -2.24. The Bertz CT molecular complexity index is 899. The minimum Gasteiger partial charge on any atom is -0.0776 e. The van der Waals surface area contributed by atoms with Crippen LogP contribution in [-0.4, -0.2) is 0 Å². The molecule has 0 unspecified atom stereocenters. The van der Waals surface area contributed by atoms with Crippen molar-refractivity contribution in [3.63, 3.8) is 0 Å². The average Bonchev–Trinajstić information content (AvgIpc) is 2.90. The van der Waals surface area contributed by atoms with E-state index in [1.165, 1.54) is 27.8 Å². The van der Waals surface area contributed by atoms with Crippen LogP contribution in [0.3, 0.4) is 0 Å². The number of hydrogen-bond donors (Lipinski definition) is 0. The van der Waals surface area contributed by atoms with Crippen molar-refractivity contribution in [2.75, 3.05) is 0 Å². The molecule has 0 amide bonds. The molecule has 1 aliphatic carbocycles. The van der Waals surface area contributed by atoms with Crippen LogP contribution in [-0.2, 0) is 5.41 Å². The molecule has 0 saturated carbocycles. The first-order chi connectivity index (χ1) is 12.7. The fourth-order valence-corrected chi connectivity index (χ4v) is 3.55. The van der Waals surface area contributed by atoms with E-state index >= 15 is 0 Å². The SMILES string of the molecule is C.CC1(c2ccccc2)C=C(c2ccccc2)C=CC(c2ccccc2)=C1. The van der Waals surface area contributed by atoms with Gasteiger partial charge in [-0.25, -0.2) is 0 Å². The fourth-order valence-electron chi connectivity index (χ4n) is 3.55. The molecule has 0 saturated heterocycles. The highest BCUT2D eigenvalue weighted by atomic mass is 14.3. The molecule has 0 aliphatic heterocycles. The van der Waals surface area contributed by atoms with Crippen molar-refractivity contribution >= 4 is 11.1 Å². The van der Waals surface area contributed by atoms with Gasteiger partial charge in [-0.1, -0.05) is 123 Å². The van der Waals surface area contributed by atoms with E-state index in [4.69, 9.17) is 0 Å². The quantitative estimate of drug-likeness (QED) is 0.464. The van der Waals surface area contributed by atoms with Gasteiger partial charge in [0.25, 0.3) is 0 Å². The summed E-state index contributed by atoms with van der Waals surface area (Å²) in [5.41, 5.74) is 6.10. The zero-order valence-corrected chi connectivity index (χ0v) is 15.0. The lowest BCUT2D eigenvalue weighted by atomic mass is 9.79. The second-order valence-electron chi connectivity index (χ2n) is 6.91. The van der Waals surface area contributed by atoms with E-state index in [0.29, 0.717) is 0 Å². The predicted molar refractivity (Wildman–Crippen MR) is 119 cm³/mol. The summed E-state index contributed by atoms with van der Waals surface area (Å²) in [5.74, 6) is 0. The Morgan fingerprint density at radius 1 is 0.519 bits per heavy atom. The first-order valence-corrected chi connectivity index (χ1v) is 9.05. The van der Waals surface area contributed by atoms with Crippen LogP contribution in [0, 0.1) is 0 Å². The highest BCUT2D eigenvalue weighted by molar-refractivity contribution is 5.85. The first-order valence-electron chi connectivity index (χ1n) is 9.05. The van der Waals surface area contributed by atoms with Crippen LogP contribution in [0.25, 0.3) is 11.1 Å². The third kappa shape index (κ3) is 4.01. The molecule has 3 aromatic rings. The van der Waals surface area contributed by atoms with Crippen LogP contribution in [0.5, 0.6) is 0 Å². The third-order valence-electron chi connectivity index (χ3n) is 4.96. The van der Waals surface area contributed by atoms with Gasteiger partial charge < -0.3 is 0 Å². The van der Waals surface area contributed by atoms with E-state index in [1.54, 1.807) is 0 Å². The maximum atomic E-state index is 2.38. The minimum atomic E-state index is -0.179. The summed E-state index contributed by atoms with van der Waals surface area (Å²) in [6.07, 6.45) is 9.24. The van der Waals surface area contributed by atoms with Gasteiger partial charge in [-0.3, -0.25) is 0 Å². The molecule has 1 aliphatic rings. The van der Waals surface area contributed by atoms with Gasteiger partial charge in [-0.2, -0.15) is 0 Å². The van der Waals surface area contributed by atoms with Gasteiger partial charge in [0.05, 0.1) is 0 Å². The third-order valence-corrected chi connectivity index (χ3v) is 4.96. The summed E-state index contributed by atoms with van der Waals surface area (Å²) in [7, 11) is 0. The Morgan fingerprint density at radius 2 is 0.889 bits per heavy atom. The summed E-state index contributed by atoms with van der Waals surface area (Å²) in [6.45, 7) is 2.29. The Kier molecular flexibility index (Phi) is 5.57. The monoisotopic (exact) mass is 350 g/mol. The van der Waals surface area contributed by atoms with Gasteiger partial charge in [-0.15, -0.1) is 0 Å². The molecule has 0 aromatic heterocycles. The highest BCUT2D eigenvalue weighted by Crippen LogP contribution is 2.37. The van der Waals surface area contributed by atoms with E-state index in [9.17, 15) is 0 Å². The van der Waals surface area contributed by atoms with Gasteiger partial charge in [0.1, 0.15) is 0 Å². The van der Waals surface area contributed by atoms with Crippen LogP contribution in [0.15, 0.2) is 115 Å². The molecule has 0 radical (unpaired) electrons. The van der Waals surface area contributed by atoms with Crippen LogP contribution in [0.2, 0.25) is 0 Å². The second-order valence-corrected chi connectivity index (χ2v) is 6.91. The van der Waals surface area contributed by atoms with Crippen molar-refractivity contribution < 1.29 is 0 Å². The molecule has 0 bridgehead atoms. The van der Waals surface area contributed by atoms with Crippen LogP contribution in [0.1, 0.15) is 31.0 Å². The van der Waals surface area contributed by atoms with Crippen LogP contribution >= 0.6 is 0 Å².